The molecule has 0 spiro atoms. The molecule has 0 aliphatic carbocycles. The molecule has 0 atom stereocenters. The van der Waals surface area contributed by atoms with Crippen molar-refractivity contribution in [2.24, 2.45) is 0 Å². The van der Waals surface area contributed by atoms with Crippen LogP contribution in [0.5, 0.6) is 0 Å². The minimum atomic E-state index is -0.635. The number of nitrogens with one attached hydrogen (secondary N) is 2. The largest absolute Gasteiger partial charge is 0.333 e. The fourth-order valence-corrected chi connectivity index (χ4v) is 2.89. The van der Waals surface area contributed by atoms with Crippen LogP contribution < -0.4 is 16.4 Å². The van der Waals surface area contributed by atoms with Gasteiger partial charge in [0, 0.05) is 24.9 Å². The lowest BCUT2D eigenvalue weighted by Gasteiger charge is -2.15. The Balaban J connectivity index is 1.75. The number of benzene rings is 1. The summed E-state index contributed by atoms with van der Waals surface area (Å²) in [5, 5.41) is 4.87. The fourth-order valence-electron chi connectivity index (χ4n) is 2.89. The third-order valence-electron chi connectivity index (χ3n) is 4.20. The Labute approximate surface area is 148 Å². The van der Waals surface area contributed by atoms with Gasteiger partial charge < -0.3 is 4.90 Å². The first-order valence-corrected chi connectivity index (χ1v) is 8.38. The van der Waals surface area contributed by atoms with Crippen molar-refractivity contribution in [3.8, 4) is 0 Å². The minimum absolute atomic E-state index is 0.0413. The van der Waals surface area contributed by atoms with Gasteiger partial charge in [-0.05, 0) is 19.4 Å². The molecule has 1 aliphatic heterocycles. The monoisotopic (exact) mass is 357 g/mol. The van der Waals surface area contributed by atoms with E-state index in [9.17, 15) is 19.2 Å². The van der Waals surface area contributed by atoms with Crippen LogP contribution in [0.25, 0.3) is 10.8 Å². The molecule has 0 radical (unpaired) electrons. The average molecular weight is 357 g/mol. The number of carbonyl (C=O) groups excluding carboxylic acids is 3. The second-order valence-electron chi connectivity index (χ2n) is 5.94. The highest BCUT2D eigenvalue weighted by Crippen LogP contribution is 2.13. The summed E-state index contributed by atoms with van der Waals surface area (Å²) < 4.78 is 1.20. The van der Waals surface area contributed by atoms with Crippen molar-refractivity contribution in [1.29, 1.82) is 0 Å². The Bertz CT molecular complexity index is 936. The number of nitrogens with zero attached hydrogens (tertiary/aromatic N) is 3. The van der Waals surface area contributed by atoms with Crippen LogP contribution >= 0.6 is 0 Å². The van der Waals surface area contributed by atoms with E-state index < -0.39 is 11.8 Å². The molecule has 1 saturated heterocycles. The van der Waals surface area contributed by atoms with Crippen LogP contribution in [-0.2, 0) is 16.1 Å². The van der Waals surface area contributed by atoms with Crippen molar-refractivity contribution in [1.82, 2.24) is 25.5 Å². The summed E-state index contributed by atoms with van der Waals surface area (Å²) in [5.74, 6) is -1.21. The second kappa shape index (κ2) is 7.34. The molecule has 0 unspecified atom stereocenters. The lowest BCUT2D eigenvalue weighted by Crippen LogP contribution is -2.47. The molecular weight excluding hydrogens is 338 g/mol. The minimum Gasteiger partial charge on any atom is -0.333 e. The molecule has 2 N–H and O–H groups in total. The molecule has 136 valence electrons. The number of fused-ring (bicyclic) bond motifs is 1. The molecule has 1 fully saturated rings. The number of carbonyl (C=O) groups is 3. The molecule has 2 heterocycles. The highest BCUT2D eigenvalue weighted by molar-refractivity contribution is 6.05. The molecule has 1 aromatic carbocycles. The van der Waals surface area contributed by atoms with Crippen LogP contribution in [0.3, 0.4) is 0 Å². The molecule has 26 heavy (non-hydrogen) atoms. The average Bonchev–Trinajstić information content (AvgIpc) is 3.05. The van der Waals surface area contributed by atoms with Gasteiger partial charge in [-0.2, -0.15) is 5.10 Å². The quantitative estimate of drug-likeness (QED) is 0.736. The topological polar surface area (TPSA) is 113 Å². The van der Waals surface area contributed by atoms with Gasteiger partial charge in [-0.3, -0.25) is 30.0 Å². The summed E-state index contributed by atoms with van der Waals surface area (Å²) in [7, 11) is 0. The maximum atomic E-state index is 12.5. The first-order valence-electron chi connectivity index (χ1n) is 8.38. The molecule has 0 saturated carbocycles. The molecule has 2 aromatic rings. The first kappa shape index (κ1) is 17.6. The van der Waals surface area contributed by atoms with Crippen LogP contribution in [-0.4, -0.2) is 45.5 Å². The van der Waals surface area contributed by atoms with Gasteiger partial charge in [0.1, 0.15) is 6.54 Å². The van der Waals surface area contributed by atoms with E-state index in [0.717, 1.165) is 6.42 Å². The zero-order valence-corrected chi connectivity index (χ0v) is 14.3. The van der Waals surface area contributed by atoms with E-state index in [-0.39, 0.29) is 23.7 Å². The summed E-state index contributed by atoms with van der Waals surface area (Å²) >= 11 is 0. The highest BCUT2D eigenvalue weighted by atomic mass is 16.2. The van der Waals surface area contributed by atoms with Crippen molar-refractivity contribution in [2.45, 2.75) is 26.3 Å². The molecule has 0 bridgehead atoms. The van der Waals surface area contributed by atoms with E-state index in [0.29, 0.717) is 30.3 Å². The van der Waals surface area contributed by atoms with Gasteiger partial charge in [0.15, 0.2) is 5.69 Å². The molecule has 1 aliphatic rings. The van der Waals surface area contributed by atoms with Crippen molar-refractivity contribution >= 4 is 28.5 Å². The third-order valence-corrected chi connectivity index (χ3v) is 4.20. The fraction of sp³-hybridized carbons (Fsp3) is 0.353. The number of hydrazine groups is 1. The van der Waals surface area contributed by atoms with Gasteiger partial charge in [-0.1, -0.05) is 18.2 Å². The Morgan fingerprint density at radius 1 is 1.15 bits per heavy atom. The van der Waals surface area contributed by atoms with Gasteiger partial charge in [0.05, 0.1) is 5.39 Å². The number of hydrogen-bond donors (Lipinski definition) is 2. The number of rotatable bonds is 4. The number of aromatic nitrogens is 2. The molecule has 1 aromatic heterocycles. The van der Waals surface area contributed by atoms with E-state index in [4.69, 9.17) is 0 Å². The Hall–Kier alpha value is -3.23. The molecule has 9 heteroatoms. The van der Waals surface area contributed by atoms with Crippen molar-refractivity contribution < 1.29 is 14.4 Å². The Kier molecular flexibility index (Phi) is 4.97. The lowest BCUT2D eigenvalue weighted by atomic mass is 10.1. The molecule has 9 nitrogen and oxygen atoms in total. The molecule has 3 rings (SSSR count). The highest BCUT2D eigenvalue weighted by Gasteiger charge is 2.23. The van der Waals surface area contributed by atoms with E-state index in [1.54, 1.807) is 31.2 Å². The lowest BCUT2D eigenvalue weighted by molar-refractivity contribution is -0.133. The normalized spacial score (nSPS) is 13.9. The van der Waals surface area contributed by atoms with Gasteiger partial charge in [0.2, 0.25) is 5.91 Å². The number of hydrogen-bond acceptors (Lipinski definition) is 5. The van der Waals surface area contributed by atoms with Gasteiger partial charge in [0.25, 0.3) is 17.4 Å². The SMILES string of the molecule is CCn1nc(C(=O)NNC(=O)CN2CCCC2=O)c2ccccc2c1=O. The smallest absolute Gasteiger partial charge is 0.290 e. The number of amides is 3. The zero-order chi connectivity index (χ0) is 18.7. The van der Waals surface area contributed by atoms with E-state index in [1.165, 1.54) is 9.58 Å². The first-order chi connectivity index (χ1) is 12.5. The Morgan fingerprint density at radius 2 is 1.88 bits per heavy atom. The van der Waals surface area contributed by atoms with Gasteiger partial charge >= 0.3 is 0 Å². The van der Waals surface area contributed by atoms with Crippen LogP contribution in [0.15, 0.2) is 29.1 Å². The van der Waals surface area contributed by atoms with Crippen molar-refractivity contribution in [2.75, 3.05) is 13.1 Å². The van der Waals surface area contributed by atoms with Crippen LogP contribution in [0.1, 0.15) is 30.3 Å². The van der Waals surface area contributed by atoms with Gasteiger partial charge in [-0.15, -0.1) is 0 Å². The Morgan fingerprint density at radius 3 is 2.54 bits per heavy atom. The summed E-state index contributed by atoms with van der Waals surface area (Å²) in [4.78, 5) is 49.6. The summed E-state index contributed by atoms with van der Waals surface area (Å²) in [6, 6.07) is 6.66. The standard InChI is InChI=1S/C17H19N5O4/c1-2-22-17(26)12-7-4-3-6-11(12)15(20-22)16(25)19-18-13(23)10-21-9-5-8-14(21)24/h3-4,6-7H,2,5,8-10H2,1H3,(H,18,23)(H,19,25). The van der Waals surface area contributed by atoms with Crippen LogP contribution in [0, 0.1) is 0 Å². The summed E-state index contributed by atoms with van der Waals surface area (Å²) in [6.07, 6.45) is 1.17. The molecular formula is C17H19N5O4. The number of aryl methyl sites for hydroxylation is 1. The van der Waals surface area contributed by atoms with Crippen LogP contribution in [0.2, 0.25) is 0 Å². The summed E-state index contributed by atoms with van der Waals surface area (Å²) in [5.41, 5.74) is 4.34. The number of likely N-dealkylation sites (tertiary alicyclic amines) is 1. The summed E-state index contributed by atoms with van der Waals surface area (Å²) in [6.45, 7) is 2.49. The maximum Gasteiger partial charge on any atom is 0.290 e. The van der Waals surface area contributed by atoms with Crippen molar-refractivity contribution in [3.05, 3.63) is 40.3 Å². The van der Waals surface area contributed by atoms with Crippen molar-refractivity contribution in [3.63, 3.8) is 0 Å². The van der Waals surface area contributed by atoms with Gasteiger partial charge in [-0.25, -0.2) is 4.68 Å². The van der Waals surface area contributed by atoms with E-state index in [1.807, 2.05) is 0 Å². The molecule has 3 amide bonds. The second-order valence-corrected chi connectivity index (χ2v) is 5.94. The van der Waals surface area contributed by atoms with E-state index >= 15 is 0 Å². The van der Waals surface area contributed by atoms with Crippen LogP contribution in [0.4, 0.5) is 0 Å². The predicted octanol–water partition coefficient (Wildman–Crippen LogP) is -0.200. The maximum absolute atomic E-state index is 12.5. The third kappa shape index (κ3) is 3.41. The predicted molar refractivity (Wildman–Crippen MR) is 93.1 cm³/mol. The zero-order valence-electron chi connectivity index (χ0n) is 14.3. The van der Waals surface area contributed by atoms with E-state index in [2.05, 4.69) is 16.0 Å².